The first-order chi connectivity index (χ1) is 13.5. The number of cyclic esters (lactones) is 1. The fourth-order valence-corrected chi connectivity index (χ4v) is 4.30. The number of ether oxygens (including phenoxy) is 1. The standard InChI is InChI=1S/C19H24F2N4O3/c1-12(26)22-7-15-10-24(19(27)28-15)14-2-3-17(16(21)6-14)25-9-13-8-23(5-4-20)11-18(13)25/h2-3,6,13,15,18H,4-5,7-11H2,1H3,(H,22,26)/t13-,15-,18-/m0/s1. The molecule has 0 aromatic heterocycles. The number of hydrogen-bond acceptors (Lipinski definition) is 5. The number of likely N-dealkylation sites (tertiary alicyclic amines) is 1. The van der Waals surface area contributed by atoms with Gasteiger partial charge in [-0.2, -0.15) is 0 Å². The lowest BCUT2D eigenvalue weighted by molar-refractivity contribution is -0.119. The summed E-state index contributed by atoms with van der Waals surface area (Å²) in [7, 11) is 0. The number of fused-ring (bicyclic) bond motifs is 1. The average molecular weight is 394 g/mol. The molecule has 1 aromatic rings. The predicted molar refractivity (Wildman–Crippen MR) is 99.7 cm³/mol. The Kier molecular flexibility index (Phi) is 5.09. The minimum absolute atomic E-state index is 0.199. The summed E-state index contributed by atoms with van der Waals surface area (Å²) in [5, 5.41) is 2.61. The normalized spacial score (nSPS) is 26.8. The molecule has 28 heavy (non-hydrogen) atoms. The summed E-state index contributed by atoms with van der Waals surface area (Å²) in [4.78, 5) is 28.6. The van der Waals surface area contributed by atoms with Crippen molar-refractivity contribution < 1.29 is 23.1 Å². The van der Waals surface area contributed by atoms with Gasteiger partial charge in [0.15, 0.2) is 0 Å². The van der Waals surface area contributed by atoms with Crippen molar-refractivity contribution in [2.75, 3.05) is 55.7 Å². The summed E-state index contributed by atoms with van der Waals surface area (Å²) >= 11 is 0. The fraction of sp³-hybridized carbons (Fsp3) is 0.579. The molecule has 2 amide bonds. The van der Waals surface area contributed by atoms with Gasteiger partial charge >= 0.3 is 6.09 Å². The first-order valence-corrected chi connectivity index (χ1v) is 9.53. The summed E-state index contributed by atoms with van der Waals surface area (Å²) in [5.74, 6) is -0.138. The fourth-order valence-electron chi connectivity index (χ4n) is 4.30. The minimum Gasteiger partial charge on any atom is -0.442 e. The molecule has 3 fully saturated rings. The molecule has 0 bridgehead atoms. The van der Waals surface area contributed by atoms with Gasteiger partial charge in [-0.15, -0.1) is 0 Å². The van der Waals surface area contributed by atoms with E-state index >= 15 is 0 Å². The maximum Gasteiger partial charge on any atom is 0.414 e. The summed E-state index contributed by atoms with van der Waals surface area (Å²) in [5.41, 5.74) is 0.939. The lowest BCUT2D eigenvalue weighted by Gasteiger charge is -2.45. The second kappa shape index (κ2) is 7.54. The highest BCUT2D eigenvalue weighted by atomic mass is 19.1. The van der Waals surface area contributed by atoms with Crippen LogP contribution in [0.25, 0.3) is 0 Å². The van der Waals surface area contributed by atoms with Gasteiger partial charge in [-0.1, -0.05) is 0 Å². The third-order valence-corrected chi connectivity index (χ3v) is 5.72. The number of hydrogen-bond donors (Lipinski definition) is 1. The lowest BCUT2D eigenvalue weighted by atomic mass is 9.91. The average Bonchev–Trinajstić information content (AvgIpc) is 3.16. The Hall–Kier alpha value is -2.42. The molecule has 3 heterocycles. The van der Waals surface area contributed by atoms with Crippen molar-refractivity contribution in [3.63, 3.8) is 0 Å². The molecule has 3 aliphatic rings. The van der Waals surface area contributed by atoms with Crippen LogP contribution in [0.1, 0.15) is 6.92 Å². The summed E-state index contributed by atoms with van der Waals surface area (Å²) < 4.78 is 32.6. The van der Waals surface area contributed by atoms with Gasteiger partial charge in [0.1, 0.15) is 18.6 Å². The maximum atomic E-state index is 14.8. The number of nitrogens with one attached hydrogen (secondary N) is 1. The van der Waals surface area contributed by atoms with Crippen LogP contribution >= 0.6 is 0 Å². The molecule has 7 nitrogen and oxygen atoms in total. The summed E-state index contributed by atoms with van der Waals surface area (Å²) in [6, 6.07) is 4.96. The van der Waals surface area contributed by atoms with Crippen molar-refractivity contribution in [1.29, 1.82) is 0 Å². The van der Waals surface area contributed by atoms with Crippen molar-refractivity contribution in [1.82, 2.24) is 10.2 Å². The molecule has 0 saturated carbocycles. The molecule has 4 rings (SSSR count). The third kappa shape index (κ3) is 3.50. The van der Waals surface area contributed by atoms with Crippen LogP contribution < -0.4 is 15.1 Å². The third-order valence-electron chi connectivity index (χ3n) is 5.72. The molecule has 3 aliphatic heterocycles. The van der Waals surface area contributed by atoms with Crippen LogP contribution in [0.3, 0.4) is 0 Å². The zero-order valence-electron chi connectivity index (χ0n) is 15.7. The van der Waals surface area contributed by atoms with Crippen molar-refractivity contribution in [2.24, 2.45) is 5.92 Å². The van der Waals surface area contributed by atoms with Gasteiger partial charge in [-0.05, 0) is 18.2 Å². The Labute approximate surface area is 162 Å². The molecule has 0 spiro atoms. The van der Waals surface area contributed by atoms with E-state index < -0.39 is 18.0 Å². The van der Waals surface area contributed by atoms with Gasteiger partial charge in [-0.3, -0.25) is 14.6 Å². The number of benzene rings is 1. The van der Waals surface area contributed by atoms with Crippen molar-refractivity contribution >= 4 is 23.4 Å². The number of rotatable bonds is 6. The Morgan fingerprint density at radius 2 is 2.11 bits per heavy atom. The Bertz CT molecular complexity index is 778. The smallest absolute Gasteiger partial charge is 0.414 e. The Morgan fingerprint density at radius 3 is 2.82 bits per heavy atom. The van der Waals surface area contributed by atoms with Gasteiger partial charge < -0.3 is 15.0 Å². The number of anilines is 2. The quantitative estimate of drug-likeness (QED) is 0.790. The van der Waals surface area contributed by atoms with E-state index in [9.17, 15) is 18.4 Å². The summed E-state index contributed by atoms with van der Waals surface area (Å²) in [6.07, 6.45) is -1.01. The molecule has 9 heteroatoms. The number of carbonyl (C=O) groups is 2. The molecule has 1 aromatic carbocycles. The van der Waals surface area contributed by atoms with Crippen molar-refractivity contribution in [2.45, 2.75) is 19.1 Å². The van der Waals surface area contributed by atoms with Crippen LogP contribution in [-0.2, 0) is 9.53 Å². The molecule has 0 aliphatic carbocycles. The van der Waals surface area contributed by atoms with Crippen molar-refractivity contribution in [3.05, 3.63) is 24.0 Å². The number of carbonyl (C=O) groups excluding carboxylic acids is 2. The van der Waals surface area contributed by atoms with E-state index in [0.29, 0.717) is 23.8 Å². The van der Waals surface area contributed by atoms with Gasteiger partial charge in [0.2, 0.25) is 5.91 Å². The zero-order chi connectivity index (χ0) is 19.8. The number of amides is 2. The van der Waals surface area contributed by atoms with E-state index in [4.69, 9.17) is 4.74 Å². The van der Waals surface area contributed by atoms with E-state index in [1.165, 1.54) is 17.9 Å². The second-order valence-corrected chi connectivity index (χ2v) is 7.62. The molecule has 0 unspecified atom stereocenters. The van der Waals surface area contributed by atoms with Crippen LogP contribution in [0.15, 0.2) is 18.2 Å². The highest BCUT2D eigenvalue weighted by Crippen LogP contribution is 2.38. The zero-order valence-corrected chi connectivity index (χ0v) is 15.7. The molecule has 3 atom stereocenters. The highest BCUT2D eigenvalue weighted by molar-refractivity contribution is 5.90. The van der Waals surface area contributed by atoms with Crippen LogP contribution in [0.4, 0.5) is 25.0 Å². The predicted octanol–water partition coefficient (Wildman–Crippen LogP) is 1.38. The second-order valence-electron chi connectivity index (χ2n) is 7.62. The highest BCUT2D eigenvalue weighted by Gasteiger charge is 2.46. The topological polar surface area (TPSA) is 65.1 Å². The first-order valence-electron chi connectivity index (χ1n) is 9.53. The number of alkyl halides is 1. The molecular weight excluding hydrogens is 370 g/mol. The summed E-state index contributed by atoms with van der Waals surface area (Å²) in [6.45, 7) is 4.31. The van der Waals surface area contributed by atoms with Gasteiger partial charge in [0.05, 0.1) is 24.5 Å². The van der Waals surface area contributed by atoms with Crippen LogP contribution in [0.5, 0.6) is 0 Å². The Balaban J connectivity index is 1.41. The first kappa shape index (κ1) is 18.9. The van der Waals surface area contributed by atoms with E-state index in [1.54, 1.807) is 12.1 Å². The number of halogens is 2. The maximum absolute atomic E-state index is 14.8. The molecule has 3 saturated heterocycles. The number of nitrogens with zero attached hydrogens (tertiary/aromatic N) is 3. The molecule has 0 radical (unpaired) electrons. The van der Waals surface area contributed by atoms with E-state index in [2.05, 4.69) is 10.2 Å². The largest absolute Gasteiger partial charge is 0.442 e. The van der Waals surface area contributed by atoms with E-state index in [1.807, 2.05) is 4.90 Å². The molecule has 1 N–H and O–H groups in total. The monoisotopic (exact) mass is 394 g/mol. The molecular formula is C19H24F2N4O3. The van der Waals surface area contributed by atoms with Crippen LogP contribution in [0, 0.1) is 11.7 Å². The van der Waals surface area contributed by atoms with E-state index in [0.717, 1.165) is 19.6 Å². The van der Waals surface area contributed by atoms with Gasteiger partial charge in [0, 0.05) is 45.1 Å². The SMILES string of the molecule is CC(=O)NC[C@H]1CN(c2ccc(N3C[C@@H]4CN(CCF)C[C@@H]43)c(F)c2)C(=O)O1. The van der Waals surface area contributed by atoms with E-state index in [-0.39, 0.29) is 31.7 Å². The van der Waals surface area contributed by atoms with Crippen molar-refractivity contribution in [3.8, 4) is 0 Å². The lowest BCUT2D eigenvalue weighted by Crippen LogP contribution is -2.56. The molecule has 152 valence electrons. The Morgan fingerprint density at radius 1 is 1.29 bits per heavy atom. The van der Waals surface area contributed by atoms with Gasteiger partial charge in [0.25, 0.3) is 0 Å². The van der Waals surface area contributed by atoms with Crippen LogP contribution in [-0.4, -0.2) is 75.0 Å². The minimum atomic E-state index is -0.552. The van der Waals surface area contributed by atoms with Crippen LogP contribution in [0.2, 0.25) is 0 Å². The van der Waals surface area contributed by atoms with Gasteiger partial charge in [-0.25, -0.2) is 13.6 Å².